The van der Waals surface area contributed by atoms with E-state index in [2.05, 4.69) is 9.98 Å². The zero-order valence-corrected chi connectivity index (χ0v) is 7.83. The van der Waals surface area contributed by atoms with Crippen LogP contribution >= 0.6 is 11.6 Å². The molecule has 0 amide bonds. The summed E-state index contributed by atoms with van der Waals surface area (Å²) in [6, 6.07) is 2.66. The van der Waals surface area contributed by atoms with Crippen molar-refractivity contribution in [2.45, 2.75) is 11.9 Å². The molecular formula is C8H3ClF2N2O2. The van der Waals surface area contributed by atoms with Crippen molar-refractivity contribution in [1.29, 1.82) is 0 Å². The molecule has 0 radical (unpaired) electrons. The molecule has 0 saturated carbocycles. The third kappa shape index (κ3) is 1.32. The van der Waals surface area contributed by atoms with E-state index in [1.54, 1.807) is 0 Å². The largest absolute Gasteiger partial charge is 0.450 e. The van der Waals surface area contributed by atoms with Crippen LogP contribution in [0, 0.1) is 0 Å². The highest BCUT2D eigenvalue weighted by Crippen LogP contribution is 2.33. The summed E-state index contributed by atoms with van der Waals surface area (Å²) in [5.41, 5.74) is 0. The maximum Gasteiger partial charge on any atom is 0.450 e. The molecule has 4 nitrogen and oxygen atoms in total. The van der Waals surface area contributed by atoms with Crippen molar-refractivity contribution in [3.63, 3.8) is 0 Å². The van der Waals surface area contributed by atoms with E-state index in [-0.39, 0.29) is 10.7 Å². The molecule has 0 aromatic heterocycles. The van der Waals surface area contributed by atoms with Crippen LogP contribution in [0.15, 0.2) is 22.1 Å². The molecule has 0 fully saturated rings. The number of halogens is 3. The second-order valence-electron chi connectivity index (χ2n) is 3.03. The molecule has 2 aliphatic heterocycles. The first-order valence-corrected chi connectivity index (χ1v) is 4.46. The first-order valence-electron chi connectivity index (χ1n) is 4.02. The molecule has 15 heavy (non-hydrogen) atoms. The summed E-state index contributed by atoms with van der Waals surface area (Å²) in [7, 11) is 0. The quantitative estimate of drug-likeness (QED) is 0.490. The van der Waals surface area contributed by atoms with E-state index >= 15 is 0 Å². The normalized spacial score (nSPS) is 20.7. The fourth-order valence-electron chi connectivity index (χ4n) is 1.44. The molecule has 1 aromatic carbocycles. The molecule has 7 heteroatoms. The van der Waals surface area contributed by atoms with Crippen molar-refractivity contribution in [3.05, 3.63) is 22.8 Å². The van der Waals surface area contributed by atoms with Crippen LogP contribution in [0.1, 0.15) is 0 Å². The predicted octanol–water partition coefficient (Wildman–Crippen LogP) is 0.783. The first kappa shape index (κ1) is 8.84. The van der Waals surface area contributed by atoms with E-state index in [9.17, 15) is 8.78 Å². The highest BCUT2D eigenvalue weighted by atomic mass is 35.5. The number of nitrogens with zero attached hydrogens (tertiary/aromatic N) is 2. The van der Waals surface area contributed by atoms with Gasteiger partial charge < -0.3 is 9.47 Å². The molecule has 0 spiro atoms. The van der Waals surface area contributed by atoms with Crippen molar-refractivity contribution in [3.8, 4) is 11.5 Å². The minimum Gasteiger partial charge on any atom is -0.438 e. The van der Waals surface area contributed by atoms with E-state index in [1.807, 2.05) is 0 Å². The van der Waals surface area contributed by atoms with Gasteiger partial charge in [0.15, 0.2) is 11.5 Å². The van der Waals surface area contributed by atoms with Gasteiger partial charge in [-0.25, -0.2) is 0 Å². The van der Waals surface area contributed by atoms with Crippen LogP contribution in [0.4, 0.5) is 8.78 Å². The number of alkyl halides is 3. The van der Waals surface area contributed by atoms with Gasteiger partial charge >= 0.3 is 11.9 Å². The van der Waals surface area contributed by atoms with Gasteiger partial charge in [0.1, 0.15) is 0 Å². The van der Waals surface area contributed by atoms with Crippen LogP contribution in [-0.2, 0) is 0 Å². The molecule has 2 aliphatic rings. The Labute approximate surface area is 86.8 Å². The summed E-state index contributed by atoms with van der Waals surface area (Å²) in [5.74, 6) is -0.334. The Morgan fingerprint density at radius 3 is 2.07 bits per heavy atom. The van der Waals surface area contributed by atoms with Crippen LogP contribution in [0.25, 0.3) is 0 Å². The van der Waals surface area contributed by atoms with E-state index in [4.69, 9.17) is 21.1 Å². The van der Waals surface area contributed by atoms with Crippen molar-refractivity contribution in [1.82, 2.24) is 0 Å². The number of ether oxygens (including phenoxy) is 2. The standard InChI is InChI=1S/C8H3ClF2N2O2/c9-7-14-5-1-3-4(2-6(5)15-7)13-8(10,11)12-3/h1-2,7H. The van der Waals surface area contributed by atoms with Gasteiger partial charge in [-0.1, -0.05) is 0 Å². The van der Waals surface area contributed by atoms with Crippen LogP contribution in [0.2, 0.25) is 0 Å². The van der Waals surface area contributed by atoms with Gasteiger partial charge in [-0.3, -0.25) is 0 Å². The van der Waals surface area contributed by atoms with Gasteiger partial charge in [0.2, 0.25) is 0 Å². The summed E-state index contributed by atoms with van der Waals surface area (Å²) >= 11 is 5.55. The van der Waals surface area contributed by atoms with Gasteiger partial charge in [-0.05, 0) is 11.6 Å². The number of hydrogen-bond donors (Lipinski definition) is 0. The molecule has 1 aromatic rings. The lowest BCUT2D eigenvalue weighted by molar-refractivity contribution is 0.0194. The molecule has 2 heterocycles. The molecule has 78 valence electrons. The minimum absolute atomic E-state index is 0.0770. The zero-order chi connectivity index (χ0) is 10.6. The zero-order valence-electron chi connectivity index (χ0n) is 7.08. The van der Waals surface area contributed by atoms with Gasteiger partial charge in [-0.2, -0.15) is 18.8 Å². The average Bonchev–Trinajstić information content (AvgIpc) is 2.55. The summed E-state index contributed by atoms with van der Waals surface area (Å²) in [6.45, 7) is 0. The van der Waals surface area contributed by atoms with E-state index in [0.717, 1.165) is 0 Å². The smallest absolute Gasteiger partial charge is 0.438 e. The summed E-state index contributed by atoms with van der Waals surface area (Å²) < 4.78 is 35.5. The second-order valence-corrected chi connectivity index (χ2v) is 3.39. The highest BCUT2D eigenvalue weighted by molar-refractivity contribution is 6.19. The molecule has 0 unspecified atom stereocenters. The lowest BCUT2D eigenvalue weighted by atomic mass is 10.3. The Hall–Kier alpha value is -1.43. The van der Waals surface area contributed by atoms with Crippen LogP contribution < -0.4 is 20.2 Å². The minimum atomic E-state index is -3.39. The molecule has 0 N–H and O–H groups in total. The lowest BCUT2D eigenvalue weighted by Gasteiger charge is -1.97. The third-order valence-corrected chi connectivity index (χ3v) is 2.17. The molecule has 0 atom stereocenters. The van der Waals surface area contributed by atoms with Gasteiger partial charge in [-0.15, -0.1) is 0 Å². The topological polar surface area (TPSA) is 43.2 Å². The molecule has 0 saturated heterocycles. The van der Waals surface area contributed by atoms with Gasteiger partial charge in [0.05, 0.1) is 10.7 Å². The number of rotatable bonds is 0. The predicted molar refractivity (Wildman–Crippen MR) is 44.6 cm³/mol. The molecule has 3 rings (SSSR count). The summed E-state index contributed by atoms with van der Waals surface area (Å²) in [4.78, 5) is 6.22. The number of fused-ring (bicyclic) bond motifs is 2. The fourth-order valence-corrected chi connectivity index (χ4v) is 1.63. The van der Waals surface area contributed by atoms with Gasteiger partial charge in [0.25, 0.3) is 0 Å². The number of benzene rings is 1. The van der Waals surface area contributed by atoms with Crippen LogP contribution in [0.3, 0.4) is 0 Å². The van der Waals surface area contributed by atoms with E-state index < -0.39 is 11.9 Å². The van der Waals surface area contributed by atoms with Crippen LogP contribution in [0.5, 0.6) is 11.5 Å². The average molecular weight is 233 g/mol. The fraction of sp³-hybridized carbons (Fsp3) is 0.250. The Morgan fingerprint density at radius 2 is 1.60 bits per heavy atom. The van der Waals surface area contributed by atoms with Crippen LogP contribution in [-0.4, -0.2) is 11.9 Å². The maximum absolute atomic E-state index is 12.8. The van der Waals surface area contributed by atoms with Crippen molar-refractivity contribution < 1.29 is 18.3 Å². The number of hydrogen-bond acceptors (Lipinski definition) is 4. The Kier molecular flexibility index (Phi) is 1.52. The Bertz CT molecular complexity index is 513. The Balaban J connectivity index is 2.24. The molecule has 0 bridgehead atoms. The first-order chi connectivity index (χ1) is 7.03. The SMILES string of the molecule is FC1(F)N=c2cc3c(cc2=N1)OC(Cl)O3. The highest BCUT2D eigenvalue weighted by Gasteiger charge is 2.32. The Morgan fingerprint density at radius 1 is 1.13 bits per heavy atom. The molecular weight excluding hydrogens is 230 g/mol. The summed E-state index contributed by atoms with van der Waals surface area (Å²) in [6.07, 6.45) is -3.39. The van der Waals surface area contributed by atoms with E-state index in [1.165, 1.54) is 12.1 Å². The van der Waals surface area contributed by atoms with Crippen molar-refractivity contribution in [2.24, 2.45) is 9.98 Å². The third-order valence-electron chi connectivity index (χ3n) is 1.99. The second kappa shape index (κ2) is 2.57. The lowest BCUT2D eigenvalue weighted by Crippen LogP contribution is -2.20. The van der Waals surface area contributed by atoms with Gasteiger partial charge in [0, 0.05) is 12.1 Å². The van der Waals surface area contributed by atoms with E-state index in [0.29, 0.717) is 11.5 Å². The van der Waals surface area contributed by atoms with Crippen molar-refractivity contribution >= 4 is 11.6 Å². The van der Waals surface area contributed by atoms with Crippen molar-refractivity contribution in [2.75, 3.05) is 0 Å². The monoisotopic (exact) mass is 232 g/mol. The maximum atomic E-state index is 12.8. The summed E-state index contributed by atoms with van der Waals surface area (Å²) in [5, 5.41) is 0.154. The molecule has 0 aliphatic carbocycles.